The summed E-state index contributed by atoms with van der Waals surface area (Å²) in [5.41, 5.74) is -5.88. The third kappa shape index (κ3) is 3.94. The Labute approximate surface area is 287 Å². The third-order valence-corrected chi connectivity index (χ3v) is 15.7. The van der Waals surface area contributed by atoms with Crippen LogP contribution in [-0.4, -0.2) is 94.5 Å². The monoisotopic (exact) mass is 680 g/mol. The zero-order valence-corrected chi connectivity index (χ0v) is 28.8. The number of benzene rings is 1. The Hall–Kier alpha value is -2.31. The summed E-state index contributed by atoms with van der Waals surface area (Å²) in [4.78, 5) is 14.4. The van der Waals surface area contributed by atoms with Crippen LogP contribution in [0, 0.1) is 45.8 Å². The number of allylic oxidation sites excluding steroid dienone is 2. The van der Waals surface area contributed by atoms with E-state index in [2.05, 4.69) is 19.1 Å². The van der Waals surface area contributed by atoms with Crippen LogP contribution in [0.15, 0.2) is 42.0 Å². The molecule has 1 aliphatic heterocycles. The highest BCUT2D eigenvalue weighted by molar-refractivity contribution is 5.96. The molecule has 10 heteroatoms. The molecule has 1 aromatic carbocycles. The Kier molecular flexibility index (Phi) is 7.17. The number of ketones is 1. The Balaban J connectivity index is 1.23. The maximum Gasteiger partial charge on any atom is 0.160 e. The predicted octanol–water partition coefficient (Wildman–Crippen LogP) is 2.84. The van der Waals surface area contributed by atoms with Crippen LogP contribution in [0.25, 0.3) is 0 Å². The lowest BCUT2D eigenvalue weighted by atomic mass is 9.43. The summed E-state index contributed by atoms with van der Waals surface area (Å²) in [7, 11) is 0. The van der Waals surface area contributed by atoms with Gasteiger partial charge in [-0.15, -0.1) is 0 Å². The molecule has 8 aliphatic rings. The van der Waals surface area contributed by atoms with Crippen LogP contribution < -0.4 is 0 Å². The van der Waals surface area contributed by atoms with E-state index >= 15 is 0 Å². The van der Waals surface area contributed by atoms with Gasteiger partial charge in [0.1, 0.15) is 22.7 Å². The van der Waals surface area contributed by atoms with E-state index in [0.717, 1.165) is 12.8 Å². The smallest absolute Gasteiger partial charge is 0.160 e. The first-order chi connectivity index (χ1) is 22.9. The van der Waals surface area contributed by atoms with Crippen molar-refractivity contribution in [3.05, 3.63) is 47.6 Å². The molecule has 9 rings (SSSR count). The fourth-order valence-electron chi connectivity index (χ4n) is 13.2. The number of carbonyl (C=O) groups is 1. The van der Waals surface area contributed by atoms with Gasteiger partial charge in [-0.1, -0.05) is 39.8 Å². The molecular weight excluding hydrogens is 628 g/mol. The van der Waals surface area contributed by atoms with E-state index in [1.165, 1.54) is 24.3 Å². The van der Waals surface area contributed by atoms with Crippen molar-refractivity contribution >= 4 is 5.78 Å². The highest BCUT2D eigenvalue weighted by Gasteiger charge is 2.81. The summed E-state index contributed by atoms with van der Waals surface area (Å²) in [6.07, 6.45) is 4.27. The van der Waals surface area contributed by atoms with Crippen molar-refractivity contribution in [2.45, 2.75) is 120 Å². The zero-order chi connectivity index (χ0) is 35.3. The van der Waals surface area contributed by atoms with Crippen LogP contribution in [0.5, 0.6) is 11.5 Å². The summed E-state index contributed by atoms with van der Waals surface area (Å²) >= 11 is 0. The molecule has 1 saturated heterocycles. The zero-order valence-electron chi connectivity index (χ0n) is 28.8. The number of ether oxygens (including phenoxy) is 1. The molecule has 7 aliphatic carbocycles. The summed E-state index contributed by atoms with van der Waals surface area (Å²) in [6, 6.07) is 3.98. The maximum atomic E-state index is 14.4. The van der Waals surface area contributed by atoms with Crippen molar-refractivity contribution in [1.29, 1.82) is 0 Å². The molecule has 0 aromatic heterocycles. The summed E-state index contributed by atoms with van der Waals surface area (Å²) in [5.74, 6) is -3.98. The molecule has 49 heavy (non-hydrogen) atoms. The number of aliphatic hydroxyl groups is 6. The SMILES string of the molecule is C[C@@H]1[C@H](O)[C@@]2(O[C@H]3C[C@@]4(O)C5=CC(=O)[C@@H]6[C@H](c7cc(O)cc(O)c7)[C@@H](O)[C@@H](O)C[C@]6(C)[C@H]5CC[C@]4(C)[C@H]3[C@]2(O)CCO)[C@@H]2C=C[C@@]1(C)CC2. The van der Waals surface area contributed by atoms with Gasteiger partial charge in [-0.3, -0.25) is 4.79 Å². The Morgan fingerprint density at radius 3 is 2.29 bits per heavy atom. The topological polar surface area (TPSA) is 188 Å². The van der Waals surface area contributed by atoms with Crippen molar-refractivity contribution in [3.63, 3.8) is 0 Å². The molecule has 268 valence electrons. The van der Waals surface area contributed by atoms with Gasteiger partial charge < -0.3 is 45.6 Å². The van der Waals surface area contributed by atoms with Crippen molar-refractivity contribution in [1.82, 2.24) is 0 Å². The van der Waals surface area contributed by atoms with Gasteiger partial charge in [0.2, 0.25) is 0 Å². The second-order valence-electron chi connectivity index (χ2n) is 17.7. The van der Waals surface area contributed by atoms with Gasteiger partial charge in [-0.25, -0.2) is 0 Å². The molecule has 8 N–H and O–H groups in total. The number of rotatable bonds is 3. The molecule has 0 unspecified atom stereocenters. The van der Waals surface area contributed by atoms with Gasteiger partial charge in [0.05, 0.1) is 30.0 Å². The van der Waals surface area contributed by atoms with Crippen LogP contribution in [0.4, 0.5) is 0 Å². The molecule has 4 saturated carbocycles. The highest BCUT2D eigenvalue weighted by atomic mass is 16.6. The third-order valence-electron chi connectivity index (χ3n) is 15.7. The van der Waals surface area contributed by atoms with E-state index in [4.69, 9.17) is 4.74 Å². The number of fused-ring (bicyclic) bond motifs is 9. The number of carbonyl (C=O) groups excluding carboxylic acids is 1. The first kappa shape index (κ1) is 33.8. The lowest BCUT2D eigenvalue weighted by Gasteiger charge is -2.62. The molecular formula is C39H52O10. The number of hydrogen-bond donors (Lipinski definition) is 8. The van der Waals surface area contributed by atoms with Gasteiger partial charge in [0.25, 0.3) is 0 Å². The van der Waals surface area contributed by atoms with E-state index < -0.39 is 69.8 Å². The number of aromatic hydroxyl groups is 2. The first-order valence-electron chi connectivity index (χ1n) is 18.2. The molecule has 16 atom stereocenters. The highest BCUT2D eigenvalue weighted by Crippen LogP contribution is 2.74. The molecule has 0 amide bonds. The standard InChI is InChI=1S/C39H52O10/c1-19-33(46)39(21-5-8-34(19,2)9-6-21)37(47,11-12-40)32-28(49-39)18-38(48)25-16-26(43)30-29(20-13-22(41)15-23(42)14-20)31(45)27(44)17-35(30,3)24(25)7-10-36(32,38)4/h5,8,13-16,19,21,24,27-33,40-42,44-48H,6-7,9-12,17-18H2,1-4H3/t19-,21-,24+,27+,28+,29+,30-,31+,32+,33+,34+,35-,36-,37-,38-,39+/m1/s1. The molecule has 2 bridgehead atoms. The van der Waals surface area contributed by atoms with Crippen LogP contribution in [-0.2, 0) is 9.53 Å². The summed E-state index contributed by atoms with van der Waals surface area (Å²) in [5, 5.41) is 92.1. The van der Waals surface area contributed by atoms with Gasteiger partial charge in [0, 0.05) is 54.6 Å². The second kappa shape index (κ2) is 10.4. The fourth-order valence-corrected chi connectivity index (χ4v) is 13.2. The van der Waals surface area contributed by atoms with E-state index in [0.29, 0.717) is 24.0 Å². The van der Waals surface area contributed by atoms with E-state index in [-0.39, 0.29) is 66.3 Å². The predicted molar refractivity (Wildman–Crippen MR) is 177 cm³/mol. The first-order valence-corrected chi connectivity index (χ1v) is 18.2. The summed E-state index contributed by atoms with van der Waals surface area (Å²) in [6.45, 7) is 7.69. The van der Waals surface area contributed by atoms with Crippen molar-refractivity contribution in [2.75, 3.05) is 6.61 Å². The summed E-state index contributed by atoms with van der Waals surface area (Å²) < 4.78 is 7.05. The van der Waals surface area contributed by atoms with Crippen LogP contribution in [0.1, 0.15) is 84.1 Å². The van der Waals surface area contributed by atoms with Crippen LogP contribution in [0.2, 0.25) is 0 Å². The Morgan fingerprint density at radius 1 is 0.959 bits per heavy atom. The Bertz CT molecular complexity index is 1620. The van der Waals surface area contributed by atoms with Crippen molar-refractivity contribution < 1.29 is 50.4 Å². The average molecular weight is 681 g/mol. The largest absolute Gasteiger partial charge is 0.508 e. The van der Waals surface area contributed by atoms with Gasteiger partial charge >= 0.3 is 0 Å². The molecule has 1 spiro atoms. The molecule has 5 fully saturated rings. The lowest BCUT2D eigenvalue weighted by molar-refractivity contribution is -0.244. The quantitative estimate of drug-likeness (QED) is 0.221. The van der Waals surface area contributed by atoms with E-state index in [1.807, 2.05) is 20.8 Å². The lowest BCUT2D eigenvalue weighted by Crippen LogP contribution is -2.69. The molecule has 1 aromatic rings. The van der Waals surface area contributed by atoms with Crippen molar-refractivity contribution in [2.24, 2.45) is 45.8 Å². The van der Waals surface area contributed by atoms with E-state index in [9.17, 15) is 45.6 Å². The van der Waals surface area contributed by atoms with Gasteiger partial charge in [-0.05, 0) is 84.1 Å². The maximum absolute atomic E-state index is 14.4. The van der Waals surface area contributed by atoms with Gasteiger partial charge in [0.15, 0.2) is 5.78 Å². The number of phenolic OH excluding ortho intramolecular Hbond substituents is 2. The number of aliphatic hydroxyl groups excluding tert-OH is 4. The second-order valence-corrected chi connectivity index (χ2v) is 17.7. The minimum atomic E-state index is -1.68. The minimum absolute atomic E-state index is 0.0333. The molecule has 0 radical (unpaired) electrons. The van der Waals surface area contributed by atoms with Crippen molar-refractivity contribution in [3.8, 4) is 11.5 Å². The molecule has 1 heterocycles. The number of hydrogen-bond acceptors (Lipinski definition) is 10. The number of phenols is 2. The van der Waals surface area contributed by atoms with Crippen LogP contribution >= 0.6 is 0 Å². The van der Waals surface area contributed by atoms with Gasteiger partial charge in [-0.2, -0.15) is 0 Å². The van der Waals surface area contributed by atoms with Crippen LogP contribution in [0.3, 0.4) is 0 Å². The fraction of sp³-hybridized carbons (Fsp3) is 0.718. The molecule has 10 nitrogen and oxygen atoms in total. The van der Waals surface area contributed by atoms with E-state index in [1.54, 1.807) is 0 Å². The Morgan fingerprint density at radius 2 is 1.65 bits per heavy atom. The average Bonchev–Trinajstić information content (AvgIpc) is 3.36. The minimum Gasteiger partial charge on any atom is -0.508 e. The normalized spacial score (nSPS) is 54.2.